The first-order chi connectivity index (χ1) is 5.58. The van der Waals surface area contributed by atoms with Crippen molar-refractivity contribution in [2.45, 2.75) is 38.1 Å². The minimum Gasteiger partial charge on any atom is -0.389 e. The van der Waals surface area contributed by atoms with Gasteiger partial charge in [0.25, 0.3) is 0 Å². The van der Waals surface area contributed by atoms with Crippen molar-refractivity contribution < 1.29 is 14.4 Å². The van der Waals surface area contributed by atoms with Crippen molar-refractivity contribution in [1.82, 2.24) is 5.32 Å². The Bertz CT molecular complexity index is 131. The summed E-state index contributed by atoms with van der Waals surface area (Å²) in [6.45, 7) is 0. The maximum atomic E-state index is 8.74. The van der Waals surface area contributed by atoms with Crippen molar-refractivity contribution in [2.75, 3.05) is 6.17 Å². The van der Waals surface area contributed by atoms with E-state index in [1.165, 1.54) is 19.3 Å². The summed E-state index contributed by atoms with van der Waals surface area (Å²) < 4.78 is 0. The van der Waals surface area contributed by atoms with Crippen LogP contribution in [0.15, 0.2) is 0 Å². The lowest BCUT2D eigenvalue weighted by Crippen LogP contribution is -2.49. The van der Waals surface area contributed by atoms with E-state index in [0.29, 0.717) is 6.04 Å². The van der Waals surface area contributed by atoms with E-state index in [0.717, 1.165) is 12.8 Å². The van der Waals surface area contributed by atoms with E-state index in [-0.39, 0.29) is 6.17 Å². The van der Waals surface area contributed by atoms with Crippen molar-refractivity contribution in [3.05, 3.63) is 0 Å². The Morgan fingerprint density at radius 2 is 1.67 bits per heavy atom. The molecule has 0 spiro atoms. The van der Waals surface area contributed by atoms with Gasteiger partial charge in [0.1, 0.15) is 0 Å². The molecule has 5 heteroatoms. The van der Waals surface area contributed by atoms with E-state index < -0.39 is 8.80 Å². The molecule has 0 radical (unpaired) electrons. The molecule has 0 aromatic carbocycles. The molecule has 0 aromatic heterocycles. The molecule has 12 heavy (non-hydrogen) atoms. The first kappa shape index (κ1) is 10.1. The van der Waals surface area contributed by atoms with Gasteiger partial charge >= 0.3 is 8.80 Å². The van der Waals surface area contributed by atoms with E-state index in [1.807, 2.05) is 0 Å². The Hall–Kier alpha value is 0.0569. The van der Waals surface area contributed by atoms with Gasteiger partial charge < -0.3 is 19.7 Å². The van der Waals surface area contributed by atoms with Gasteiger partial charge in [-0.2, -0.15) is 0 Å². The lowest BCUT2D eigenvalue weighted by Gasteiger charge is -2.23. The van der Waals surface area contributed by atoms with Gasteiger partial charge in [-0.05, 0) is 12.8 Å². The minimum atomic E-state index is -3.85. The van der Waals surface area contributed by atoms with Crippen molar-refractivity contribution in [3.8, 4) is 0 Å². The molecule has 0 aromatic rings. The van der Waals surface area contributed by atoms with Crippen LogP contribution in [0.1, 0.15) is 32.1 Å². The highest BCUT2D eigenvalue weighted by Gasteiger charge is 2.27. The van der Waals surface area contributed by atoms with Crippen LogP contribution in [0.2, 0.25) is 0 Å². The maximum absolute atomic E-state index is 8.74. The average Bonchev–Trinajstić information content (AvgIpc) is 2.02. The molecule has 1 aliphatic rings. The second-order valence-electron chi connectivity index (χ2n) is 3.49. The van der Waals surface area contributed by atoms with E-state index in [4.69, 9.17) is 14.4 Å². The molecule has 0 saturated heterocycles. The van der Waals surface area contributed by atoms with Crippen LogP contribution in [-0.2, 0) is 0 Å². The van der Waals surface area contributed by atoms with Gasteiger partial charge in [-0.1, -0.05) is 19.3 Å². The summed E-state index contributed by atoms with van der Waals surface area (Å²) in [6, 6.07) is 0.372. The molecule has 1 aliphatic carbocycles. The molecule has 0 atom stereocenters. The summed E-state index contributed by atoms with van der Waals surface area (Å²) in [4.78, 5) is 26.2. The van der Waals surface area contributed by atoms with Crippen LogP contribution in [0.4, 0.5) is 0 Å². The third-order valence-corrected chi connectivity index (χ3v) is 2.91. The van der Waals surface area contributed by atoms with Crippen LogP contribution in [0.25, 0.3) is 0 Å². The highest BCUT2D eigenvalue weighted by atomic mass is 28.4. The van der Waals surface area contributed by atoms with Gasteiger partial charge in [0.15, 0.2) is 0 Å². The fraction of sp³-hybridized carbons (Fsp3) is 1.00. The van der Waals surface area contributed by atoms with Gasteiger partial charge in [-0.15, -0.1) is 0 Å². The summed E-state index contributed by atoms with van der Waals surface area (Å²) in [5, 5.41) is 2.97. The van der Waals surface area contributed by atoms with Crippen LogP contribution in [0.5, 0.6) is 0 Å². The smallest absolute Gasteiger partial charge is 0.389 e. The van der Waals surface area contributed by atoms with Crippen molar-refractivity contribution >= 4 is 8.80 Å². The molecule has 0 amide bonds. The Kier molecular flexibility index (Phi) is 3.67. The molecule has 72 valence electrons. The summed E-state index contributed by atoms with van der Waals surface area (Å²) in [5.41, 5.74) is 0. The standard InChI is InChI=1S/C7H17NO3Si/c9-12(10,11)6-8-7-4-2-1-3-5-7/h7-11H,1-6H2. The van der Waals surface area contributed by atoms with Gasteiger partial charge in [-0.3, -0.25) is 0 Å². The Morgan fingerprint density at radius 1 is 1.08 bits per heavy atom. The summed E-state index contributed by atoms with van der Waals surface area (Å²) in [6.07, 6.45) is 5.83. The highest BCUT2D eigenvalue weighted by molar-refractivity contribution is 6.56. The quantitative estimate of drug-likeness (QED) is 0.448. The van der Waals surface area contributed by atoms with Crippen LogP contribution in [-0.4, -0.2) is 35.4 Å². The normalized spacial score (nSPS) is 21.2. The average molecular weight is 191 g/mol. The number of hydrogen-bond acceptors (Lipinski definition) is 4. The predicted octanol–water partition coefficient (Wildman–Crippen LogP) is -0.636. The highest BCUT2D eigenvalue weighted by Crippen LogP contribution is 2.17. The molecule has 1 rings (SSSR count). The zero-order valence-electron chi connectivity index (χ0n) is 7.16. The van der Waals surface area contributed by atoms with Gasteiger partial charge in [0, 0.05) is 6.04 Å². The maximum Gasteiger partial charge on any atom is 0.507 e. The molecule has 0 unspecified atom stereocenters. The number of hydrogen-bond donors (Lipinski definition) is 4. The van der Waals surface area contributed by atoms with Crippen LogP contribution >= 0.6 is 0 Å². The SMILES string of the molecule is O[Si](O)(O)CNC1CCCCC1. The fourth-order valence-corrected chi connectivity index (χ4v) is 2.15. The molecule has 4 nitrogen and oxygen atoms in total. The molecule has 0 bridgehead atoms. The first-order valence-electron chi connectivity index (χ1n) is 4.48. The molecule has 1 fully saturated rings. The second-order valence-corrected chi connectivity index (χ2v) is 5.39. The third-order valence-electron chi connectivity index (χ3n) is 2.23. The van der Waals surface area contributed by atoms with E-state index in [2.05, 4.69) is 5.32 Å². The summed E-state index contributed by atoms with van der Waals surface area (Å²) >= 11 is 0. The molecular formula is C7H17NO3Si. The Balaban J connectivity index is 2.13. The predicted molar refractivity (Wildman–Crippen MR) is 47.3 cm³/mol. The largest absolute Gasteiger partial charge is 0.507 e. The van der Waals surface area contributed by atoms with Crippen molar-refractivity contribution in [2.24, 2.45) is 0 Å². The van der Waals surface area contributed by atoms with Gasteiger partial charge in [-0.25, -0.2) is 0 Å². The lowest BCUT2D eigenvalue weighted by atomic mass is 9.96. The Morgan fingerprint density at radius 3 is 2.17 bits per heavy atom. The summed E-state index contributed by atoms with van der Waals surface area (Å²) in [5.74, 6) is 0. The van der Waals surface area contributed by atoms with Gasteiger partial charge in [0.2, 0.25) is 0 Å². The van der Waals surface area contributed by atoms with Crippen LogP contribution < -0.4 is 5.32 Å². The van der Waals surface area contributed by atoms with E-state index in [9.17, 15) is 0 Å². The van der Waals surface area contributed by atoms with E-state index in [1.54, 1.807) is 0 Å². The van der Waals surface area contributed by atoms with Gasteiger partial charge in [0.05, 0.1) is 6.17 Å². The number of rotatable bonds is 3. The van der Waals surface area contributed by atoms with Crippen LogP contribution in [0.3, 0.4) is 0 Å². The molecule has 4 N–H and O–H groups in total. The van der Waals surface area contributed by atoms with E-state index >= 15 is 0 Å². The molecule has 0 heterocycles. The van der Waals surface area contributed by atoms with Crippen molar-refractivity contribution in [1.29, 1.82) is 0 Å². The number of nitrogens with one attached hydrogen (secondary N) is 1. The topological polar surface area (TPSA) is 72.7 Å². The first-order valence-corrected chi connectivity index (χ1v) is 6.53. The Labute approximate surface area is 73.6 Å². The second kappa shape index (κ2) is 4.34. The third kappa shape index (κ3) is 4.17. The molecular weight excluding hydrogens is 174 g/mol. The zero-order valence-corrected chi connectivity index (χ0v) is 8.16. The fourth-order valence-electron chi connectivity index (χ4n) is 1.59. The molecule has 1 saturated carbocycles. The monoisotopic (exact) mass is 191 g/mol. The zero-order chi connectivity index (χ0) is 9.03. The van der Waals surface area contributed by atoms with Crippen LogP contribution in [0, 0.1) is 0 Å². The van der Waals surface area contributed by atoms with Crippen molar-refractivity contribution in [3.63, 3.8) is 0 Å². The molecule has 0 aliphatic heterocycles. The summed E-state index contributed by atoms with van der Waals surface area (Å²) in [7, 11) is -3.85. The minimum absolute atomic E-state index is 0.0301. The lowest BCUT2D eigenvalue weighted by molar-refractivity contribution is 0.218.